The number of hydrogen-bond donors (Lipinski definition) is 2. The maximum absolute atomic E-state index is 13.1. The summed E-state index contributed by atoms with van der Waals surface area (Å²) in [7, 11) is 0. The average Bonchev–Trinajstić information content (AvgIpc) is 3.26. The molecule has 3 rings (SSSR count). The lowest BCUT2D eigenvalue weighted by Gasteiger charge is -2.39. The van der Waals surface area contributed by atoms with Gasteiger partial charge in [-0.3, -0.25) is 4.79 Å². The molecule has 1 heterocycles. The number of ether oxygens (including phenoxy) is 2. The van der Waals surface area contributed by atoms with Crippen molar-refractivity contribution >= 4 is 5.91 Å². The fourth-order valence-corrected chi connectivity index (χ4v) is 4.54. The van der Waals surface area contributed by atoms with Gasteiger partial charge in [0.25, 0.3) is 5.91 Å². The highest BCUT2D eigenvalue weighted by Crippen LogP contribution is 2.43. The summed E-state index contributed by atoms with van der Waals surface area (Å²) in [5.41, 5.74) is 0.825. The van der Waals surface area contributed by atoms with Gasteiger partial charge in [0.05, 0.1) is 0 Å². The Balaban J connectivity index is 1.74. The van der Waals surface area contributed by atoms with E-state index in [0.29, 0.717) is 31.2 Å². The van der Waals surface area contributed by atoms with E-state index in [2.05, 4.69) is 5.32 Å². The van der Waals surface area contributed by atoms with Gasteiger partial charge in [-0.2, -0.15) is 0 Å². The summed E-state index contributed by atoms with van der Waals surface area (Å²) in [6.45, 7) is 2.87. The zero-order chi connectivity index (χ0) is 20.6. The Bertz CT molecular complexity index is 685. The van der Waals surface area contributed by atoms with Crippen LogP contribution in [0.2, 0.25) is 0 Å². The number of rotatable bonds is 9. The summed E-state index contributed by atoms with van der Waals surface area (Å²) in [6, 6.07) is 6.07. The Morgan fingerprint density at radius 2 is 2.00 bits per heavy atom. The number of aliphatic hydroxyl groups is 1. The molecule has 0 spiro atoms. The topological polar surface area (TPSA) is 67.8 Å². The van der Waals surface area contributed by atoms with Crippen molar-refractivity contribution in [3.05, 3.63) is 47.5 Å². The zero-order valence-corrected chi connectivity index (χ0v) is 17.1. The van der Waals surface area contributed by atoms with Crippen molar-refractivity contribution in [2.75, 3.05) is 13.2 Å². The van der Waals surface area contributed by atoms with Crippen LogP contribution in [0.15, 0.2) is 36.1 Å². The van der Waals surface area contributed by atoms with Gasteiger partial charge >= 0.3 is 0 Å². The quantitative estimate of drug-likeness (QED) is 0.654. The van der Waals surface area contributed by atoms with E-state index in [4.69, 9.17) is 9.47 Å². The molecule has 1 aromatic rings. The fraction of sp³-hybridized carbons (Fsp3) is 0.609. The number of hydrogen-bond acceptors (Lipinski definition) is 4. The molecule has 160 valence electrons. The lowest BCUT2D eigenvalue weighted by molar-refractivity contribution is -0.176. The monoisotopic (exact) mass is 405 g/mol. The summed E-state index contributed by atoms with van der Waals surface area (Å²) in [5.74, 6) is 0.599. The number of carbonyl (C=O) groups is 1. The number of amides is 1. The van der Waals surface area contributed by atoms with Crippen LogP contribution in [0, 0.1) is 23.6 Å². The van der Waals surface area contributed by atoms with Crippen molar-refractivity contribution in [1.82, 2.24) is 5.32 Å². The van der Waals surface area contributed by atoms with Gasteiger partial charge in [0.2, 0.25) is 6.29 Å². The van der Waals surface area contributed by atoms with Crippen molar-refractivity contribution in [3.63, 3.8) is 0 Å². The number of benzene rings is 1. The standard InChI is InChI=1S/C23H32FNO4/c1-2-28-23-19(8-5-13-26)20(17-6-3-4-7-17)14-21(29-23)22(27)25-15-16-9-11-18(24)12-10-16/h9-12,14,17,19-20,23,26H,2-8,13,15H2,1H3,(H,25,27)/t19-,20+,23+/m1/s1. The Labute approximate surface area is 172 Å². The molecule has 1 saturated carbocycles. The second-order valence-electron chi connectivity index (χ2n) is 7.93. The fourth-order valence-electron chi connectivity index (χ4n) is 4.54. The van der Waals surface area contributed by atoms with E-state index in [0.717, 1.165) is 24.8 Å². The second kappa shape index (κ2) is 10.7. The van der Waals surface area contributed by atoms with Crippen molar-refractivity contribution < 1.29 is 23.8 Å². The minimum Gasteiger partial charge on any atom is -0.459 e. The van der Waals surface area contributed by atoms with E-state index in [-0.39, 0.29) is 30.2 Å². The molecular weight excluding hydrogens is 373 g/mol. The molecule has 5 nitrogen and oxygen atoms in total. The third-order valence-electron chi connectivity index (χ3n) is 5.99. The Morgan fingerprint density at radius 1 is 1.28 bits per heavy atom. The van der Waals surface area contributed by atoms with Crippen molar-refractivity contribution in [2.24, 2.45) is 17.8 Å². The number of allylic oxidation sites excluding steroid dienone is 1. The van der Waals surface area contributed by atoms with E-state index in [9.17, 15) is 14.3 Å². The van der Waals surface area contributed by atoms with Crippen LogP contribution in [-0.4, -0.2) is 30.5 Å². The molecule has 2 aliphatic rings. The van der Waals surface area contributed by atoms with Crippen LogP contribution in [0.1, 0.15) is 51.0 Å². The predicted molar refractivity (Wildman–Crippen MR) is 108 cm³/mol. The van der Waals surface area contributed by atoms with Crippen LogP contribution in [0.25, 0.3) is 0 Å². The first-order valence-electron chi connectivity index (χ1n) is 10.8. The summed E-state index contributed by atoms with van der Waals surface area (Å²) in [6.07, 6.45) is 7.74. The molecular formula is C23H32FNO4. The molecule has 1 aromatic carbocycles. The number of aliphatic hydroxyl groups excluding tert-OH is 1. The van der Waals surface area contributed by atoms with Crippen LogP contribution in [-0.2, 0) is 20.8 Å². The Morgan fingerprint density at radius 3 is 2.66 bits per heavy atom. The van der Waals surface area contributed by atoms with Crippen molar-refractivity contribution in [3.8, 4) is 0 Å². The second-order valence-corrected chi connectivity index (χ2v) is 7.93. The summed E-state index contributed by atoms with van der Waals surface area (Å²) in [4.78, 5) is 12.8. The lowest BCUT2D eigenvalue weighted by Crippen LogP contribution is -2.41. The molecule has 0 radical (unpaired) electrons. The highest BCUT2D eigenvalue weighted by atomic mass is 19.1. The molecule has 1 aliphatic heterocycles. The molecule has 6 heteroatoms. The van der Waals surface area contributed by atoms with Gasteiger partial charge in [-0.15, -0.1) is 0 Å². The van der Waals surface area contributed by atoms with Gasteiger partial charge in [0, 0.05) is 25.7 Å². The molecule has 0 saturated heterocycles. The molecule has 2 N–H and O–H groups in total. The first-order valence-corrected chi connectivity index (χ1v) is 10.8. The minimum absolute atomic E-state index is 0.138. The third-order valence-corrected chi connectivity index (χ3v) is 5.99. The highest BCUT2D eigenvalue weighted by molar-refractivity contribution is 5.91. The third kappa shape index (κ3) is 5.80. The largest absolute Gasteiger partial charge is 0.459 e. The van der Waals surface area contributed by atoms with E-state index < -0.39 is 6.29 Å². The Hall–Kier alpha value is -1.92. The van der Waals surface area contributed by atoms with Crippen LogP contribution in [0.3, 0.4) is 0 Å². The van der Waals surface area contributed by atoms with Gasteiger partial charge < -0.3 is 19.9 Å². The van der Waals surface area contributed by atoms with Gasteiger partial charge in [-0.1, -0.05) is 25.0 Å². The zero-order valence-electron chi connectivity index (χ0n) is 17.1. The molecule has 3 atom stereocenters. The Kier molecular flexibility index (Phi) is 8.07. The predicted octanol–water partition coefficient (Wildman–Crippen LogP) is 3.91. The molecule has 1 aliphatic carbocycles. The van der Waals surface area contributed by atoms with E-state index >= 15 is 0 Å². The number of nitrogens with one attached hydrogen (secondary N) is 1. The molecule has 1 fully saturated rings. The molecule has 0 aromatic heterocycles. The first kappa shape index (κ1) is 21.8. The van der Waals surface area contributed by atoms with E-state index in [1.54, 1.807) is 12.1 Å². The van der Waals surface area contributed by atoms with Crippen molar-refractivity contribution in [1.29, 1.82) is 0 Å². The normalized spacial score (nSPS) is 24.8. The van der Waals surface area contributed by atoms with Crippen molar-refractivity contribution in [2.45, 2.75) is 58.3 Å². The highest BCUT2D eigenvalue weighted by Gasteiger charge is 2.41. The maximum atomic E-state index is 13.1. The molecule has 1 amide bonds. The lowest BCUT2D eigenvalue weighted by atomic mass is 9.76. The van der Waals surface area contributed by atoms with Crippen LogP contribution in [0.5, 0.6) is 0 Å². The average molecular weight is 406 g/mol. The number of carbonyl (C=O) groups excluding carboxylic acids is 1. The SMILES string of the molecule is CCO[C@H]1OC(C(=O)NCc2ccc(F)cc2)=C[C@@H](C2CCCC2)[C@H]1CCCO. The van der Waals surface area contributed by atoms with Crippen LogP contribution >= 0.6 is 0 Å². The minimum atomic E-state index is -0.478. The molecule has 29 heavy (non-hydrogen) atoms. The van der Waals surface area contributed by atoms with E-state index in [1.165, 1.54) is 25.0 Å². The summed E-state index contributed by atoms with van der Waals surface area (Å²) >= 11 is 0. The van der Waals surface area contributed by atoms with Gasteiger partial charge in [0.15, 0.2) is 5.76 Å². The van der Waals surface area contributed by atoms with Gasteiger partial charge in [0.1, 0.15) is 5.82 Å². The maximum Gasteiger partial charge on any atom is 0.286 e. The van der Waals surface area contributed by atoms with Crippen LogP contribution in [0.4, 0.5) is 4.39 Å². The van der Waals surface area contributed by atoms with Crippen LogP contribution < -0.4 is 5.32 Å². The van der Waals surface area contributed by atoms with Gasteiger partial charge in [-0.05, 0) is 68.2 Å². The summed E-state index contributed by atoms with van der Waals surface area (Å²) in [5, 5.41) is 12.2. The molecule has 0 unspecified atom stereocenters. The number of halogens is 1. The summed E-state index contributed by atoms with van der Waals surface area (Å²) < 4.78 is 24.9. The van der Waals surface area contributed by atoms with E-state index in [1.807, 2.05) is 13.0 Å². The van der Waals surface area contributed by atoms with Gasteiger partial charge in [-0.25, -0.2) is 4.39 Å². The smallest absolute Gasteiger partial charge is 0.286 e. The first-order chi connectivity index (χ1) is 14.1. The molecule has 0 bridgehead atoms.